The molecule has 0 amide bonds. The van der Waals surface area contributed by atoms with Gasteiger partial charge in [0, 0.05) is 10.8 Å². The maximum absolute atomic E-state index is 12.7. The molecule has 136 valence electrons. The van der Waals surface area contributed by atoms with Crippen molar-refractivity contribution in [1.82, 2.24) is 0 Å². The Kier molecular flexibility index (Phi) is 3.57. The minimum absolute atomic E-state index is 0.0522. The molecular formula is C23H32O2. The molecule has 4 rings (SSSR count). The fourth-order valence-electron chi connectivity index (χ4n) is 7.53. The predicted octanol–water partition coefficient (Wildman–Crippen LogP) is 5.14. The van der Waals surface area contributed by atoms with Crippen molar-refractivity contribution >= 4 is 11.6 Å². The minimum atomic E-state index is -0.183. The number of fused-ring (bicyclic) bond motifs is 5. The van der Waals surface area contributed by atoms with E-state index in [4.69, 9.17) is 0 Å². The smallest absolute Gasteiger partial charge is 0.178 e. The van der Waals surface area contributed by atoms with Crippen LogP contribution in [0, 0.1) is 39.9 Å². The topological polar surface area (TPSA) is 34.1 Å². The molecule has 2 nitrogen and oxygen atoms in total. The lowest BCUT2D eigenvalue weighted by molar-refractivity contribution is -0.140. The third kappa shape index (κ3) is 1.97. The van der Waals surface area contributed by atoms with Crippen LogP contribution < -0.4 is 0 Å². The molecule has 0 aromatic rings. The van der Waals surface area contributed by atoms with Crippen molar-refractivity contribution in [3.63, 3.8) is 0 Å². The first-order valence-electron chi connectivity index (χ1n) is 10.1. The zero-order valence-electron chi connectivity index (χ0n) is 16.4. The summed E-state index contributed by atoms with van der Waals surface area (Å²) in [6.07, 6.45) is 11.6. The minimum Gasteiger partial charge on any atom is -0.299 e. The summed E-state index contributed by atoms with van der Waals surface area (Å²) >= 11 is 0. The molecule has 0 bridgehead atoms. The number of carbonyl (C=O) groups is 2. The number of allylic oxidation sites excluding steroid dienone is 4. The molecule has 3 saturated carbocycles. The lowest BCUT2D eigenvalue weighted by Gasteiger charge is -2.58. The number of hydrogen-bond donors (Lipinski definition) is 0. The molecule has 0 heterocycles. The van der Waals surface area contributed by atoms with Crippen LogP contribution in [0.25, 0.3) is 0 Å². The molecule has 0 spiro atoms. The Morgan fingerprint density at radius 2 is 1.88 bits per heavy atom. The van der Waals surface area contributed by atoms with E-state index in [-0.39, 0.29) is 22.0 Å². The van der Waals surface area contributed by atoms with Gasteiger partial charge in [0.25, 0.3) is 0 Å². The van der Waals surface area contributed by atoms with E-state index in [1.807, 2.05) is 13.0 Å². The number of carbonyl (C=O) groups excluding carboxylic acids is 2. The number of hydrogen-bond acceptors (Lipinski definition) is 2. The van der Waals surface area contributed by atoms with Gasteiger partial charge in [-0.05, 0) is 80.3 Å². The third-order valence-corrected chi connectivity index (χ3v) is 9.46. The maximum Gasteiger partial charge on any atom is 0.178 e. The van der Waals surface area contributed by atoms with Crippen LogP contribution in [0.1, 0.15) is 66.7 Å². The van der Waals surface area contributed by atoms with E-state index in [2.05, 4.69) is 33.8 Å². The Morgan fingerprint density at radius 3 is 2.56 bits per heavy atom. The first-order chi connectivity index (χ1) is 11.6. The summed E-state index contributed by atoms with van der Waals surface area (Å²) in [7, 11) is 0. The van der Waals surface area contributed by atoms with Gasteiger partial charge < -0.3 is 0 Å². The van der Waals surface area contributed by atoms with Crippen LogP contribution in [0.4, 0.5) is 0 Å². The summed E-state index contributed by atoms with van der Waals surface area (Å²) < 4.78 is 0. The van der Waals surface area contributed by atoms with E-state index in [1.165, 1.54) is 24.8 Å². The van der Waals surface area contributed by atoms with Crippen molar-refractivity contribution in [1.29, 1.82) is 0 Å². The van der Waals surface area contributed by atoms with Gasteiger partial charge in [-0.2, -0.15) is 0 Å². The van der Waals surface area contributed by atoms with E-state index in [0.29, 0.717) is 29.5 Å². The second-order valence-corrected chi connectivity index (χ2v) is 9.95. The molecule has 4 aliphatic rings. The average molecular weight is 341 g/mol. The first-order valence-corrected chi connectivity index (χ1v) is 10.1. The Balaban J connectivity index is 1.74. The second kappa shape index (κ2) is 5.18. The Morgan fingerprint density at radius 1 is 1.16 bits per heavy atom. The molecule has 0 unspecified atom stereocenters. The summed E-state index contributed by atoms with van der Waals surface area (Å²) in [4.78, 5) is 24.5. The lowest BCUT2D eigenvalue weighted by atomic mass is 9.45. The largest absolute Gasteiger partial charge is 0.299 e. The van der Waals surface area contributed by atoms with E-state index >= 15 is 0 Å². The first kappa shape index (κ1) is 17.2. The van der Waals surface area contributed by atoms with E-state index in [1.54, 1.807) is 6.08 Å². The highest BCUT2D eigenvalue weighted by atomic mass is 16.1. The van der Waals surface area contributed by atoms with Gasteiger partial charge in [0.15, 0.2) is 5.78 Å². The van der Waals surface area contributed by atoms with E-state index < -0.39 is 0 Å². The van der Waals surface area contributed by atoms with Gasteiger partial charge >= 0.3 is 0 Å². The number of Topliss-reactive ketones (excluding diaryl/α,β-unsaturated/α-hetero) is 1. The monoisotopic (exact) mass is 340 g/mol. The average Bonchev–Trinajstić information content (AvgIpc) is 2.77. The summed E-state index contributed by atoms with van der Waals surface area (Å²) in [5.41, 5.74) is 1.35. The van der Waals surface area contributed by atoms with Crippen LogP contribution >= 0.6 is 0 Å². The fraction of sp³-hybridized carbons (Fsp3) is 0.739. The van der Waals surface area contributed by atoms with Crippen LogP contribution in [-0.4, -0.2) is 11.6 Å². The second-order valence-electron chi connectivity index (χ2n) is 9.95. The highest BCUT2D eigenvalue weighted by molar-refractivity contribution is 6.01. The predicted molar refractivity (Wildman–Crippen MR) is 100.0 cm³/mol. The van der Waals surface area contributed by atoms with Gasteiger partial charge in [0.2, 0.25) is 0 Å². The van der Waals surface area contributed by atoms with Crippen LogP contribution in [0.2, 0.25) is 0 Å². The van der Waals surface area contributed by atoms with E-state index in [9.17, 15) is 9.59 Å². The van der Waals surface area contributed by atoms with Crippen molar-refractivity contribution < 1.29 is 9.59 Å². The molecule has 0 N–H and O–H groups in total. The van der Waals surface area contributed by atoms with Crippen LogP contribution in [0.15, 0.2) is 23.8 Å². The van der Waals surface area contributed by atoms with Crippen molar-refractivity contribution in [3.05, 3.63) is 23.8 Å². The molecule has 0 aromatic carbocycles. The molecule has 3 fully saturated rings. The summed E-state index contributed by atoms with van der Waals surface area (Å²) in [5.74, 6) is 2.95. The SMILES string of the molecule is CC(=O)[C@@]1(C)[C@H](C)C[C@@H]2[C@@H]3CCC4=CC(=O)C=C[C@]4(C)[C@@H]3CC[C@]21C. The molecule has 0 aliphatic heterocycles. The van der Waals surface area contributed by atoms with Gasteiger partial charge in [-0.1, -0.05) is 39.3 Å². The molecule has 0 radical (unpaired) electrons. The molecule has 7 atom stereocenters. The van der Waals surface area contributed by atoms with Gasteiger partial charge in [-0.3, -0.25) is 9.59 Å². The van der Waals surface area contributed by atoms with Gasteiger partial charge in [-0.15, -0.1) is 0 Å². The zero-order chi connectivity index (χ0) is 18.2. The van der Waals surface area contributed by atoms with Gasteiger partial charge in [0.05, 0.1) is 0 Å². The molecule has 0 saturated heterocycles. The molecule has 0 aromatic heterocycles. The van der Waals surface area contributed by atoms with Gasteiger partial charge in [0.1, 0.15) is 5.78 Å². The van der Waals surface area contributed by atoms with Crippen LogP contribution in [0.3, 0.4) is 0 Å². The molecule has 4 aliphatic carbocycles. The standard InChI is InChI=1S/C23H32O2/c1-14-12-20-18-7-6-16-13-17(25)8-10-21(16,3)19(18)9-11-22(20,4)23(14,5)15(2)24/h8,10,13-14,18-20H,6-7,9,11-12H2,1-5H3/t14-,18-,19-,20-,21+,22-,23-/m1/s1. The highest BCUT2D eigenvalue weighted by Gasteiger charge is 2.66. The Bertz CT molecular complexity index is 701. The normalized spacial score (nSPS) is 51.4. The van der Waals surface area contributed by atoms with Crippen LogP contribution in [0.5, 0.6) is 0 Å². The summed E-state index contributed by atoms with van der Waals surface area (Å²) in [6, 6.07) is 0. The maximum atomic E-state index is 12.7. The fourth-order valence-corrected chi connectivity index (χ4v) is 7.53. The van der Waals surface area contributed by atoms with Crippen molar-refractivity contribution in [2.24, 2.45) is 39.9 Å². The Labute approximate surface area is 152 Å². The van der Waals surface area contributed by atoms with Gasteiger partial charge in [-0.25, -0.2) is 0 Å². The van der Waals surface area contributed by atoms with Crippen molar-refractivity contribution in [2.75, 3.05) is 0 Å². The number of ketones is 2. The highest BCUT2D eigenvalue weighted by Crippen LogP contribution is 2.70. The van der Waals surface area contributed by atoms with Crippen molar-refractivity contribution in [2.45, 2.75) is 66.7 Å². The summed E-state index contributed by atoms with van der Waals surface area (Å²) in [6.45, 7) is 11.1. The summed E-state index contributed by atoms with van der Waals surface area (Å²) in [5, 5.41) is 0. The lowest BCUT2D eigenvalue weighted by Crippen LogP contribution is -2.53. The Hall–Kier alpha value is -1.18. The molecule has 25 heavy (non-hydrogen) atoms. The third-order valence-electron chi connectivity index (χ3n) is 9.46. The van der Waals surface area contributed by atoms with Crippen LogP contribution in [-0.2, 0) is 9.59 Å². The van der Waals surface area contributed by atoms with Crippen molar-refractivity contribution in [3.8, 4) is 0 Å². The van der Waals surface area contributed by atoms with E-state index in [0.717, 1.165) is 12.8 Å². The number of rotatable bonds is 1. The molecule has 2 heteroatoms. The zero-order valence-corrected chi connectivity index (χ0v) is 16.4. The molecular weight excluding hydrogens is 308 g/mol. The quantitative estimate of drug-likeness (QED) is 0.662.